The van der Waals surface area contributed by atoms with Crippen LogP contribution < -0.4 is 33.8 Å². The van der Waals surface area contributed by atoms with Crippen LogP contribution in [0, 0.1) is 0 Å². The fourth-order valence-corrected chi connectivity index (χ4v) is 6.91. The van der Waals surface area contributed by atoms with Crippen molar-refractivity contribution in [2.24, 2.45) is 4.99 Å². The molecule has 9 nitrogen and oxygen atoms in total. The summed E-state index contributed by atoms with van der Waals surface area (Å²) in [4.78, 5) is 32.6. The van der Waals surface area contributed by atoms with Gasteiger partial charge in [0.2, 0.25) is 0 Å². The quantitative estimate of drug-likeness (QED) is 0.160. The van der Waals surface area contributed by atoms with Gasteiger partial charge < -0.3 is 23.7 Å². The van der Waals surface area contributed by atoms with Gasteiger partial charge in [0.25, 0.3) is 5.56 Å². The second-order valence-corrected chi connectivity index (χ2v) is 13.1. The number of ether oxygens (including phenoxy) is 5. The van der Waals surface area contributed by atoms with Crippen molar-refractivity contribution in [3.8, 4) is 23.0 Å². The molecule has 0 radical (unpaired) electrons. The van der Waals surface area contributed by atoms with E-state index in [0.717, 1.165) is 5.56 Å². The topological polar surface area (TPSA) is 97.6 Å². The Kier molecular flexibility index (Phi) is 10.8. The van der Waals surface area contributed by atoms with E-state index in [0.29, 0.717) is 65.3 Å². The van der Waals surface area contributed by atoms with Crippen LogP contribution >= 0.6 is 38.9 Å². The number of hydrogen-bond acceptors (Lipinski definition) is 9. The van der Waals surface area contributed by atoms with Crippen molar-refractivity contribution in [3.05, 3.63) is 112 Å². The standard InChI is InChI=1S/C35H34BrClN2O7S/c1-7-44-34(41)30-20(4)38-35-39(31(30)23-10-13-26(46-19(2)3)27(17-23)42-5)33(40)29(47-35)16-22-14-25(36)32(28(15-22)43-6)45-18-21-8-11-24(37)12-9-21/h8-17,19,31H,7,18H2,1-6H3/b29-16-/t31-/m1/s1. The maximum atomic E-state index is 14.2. The summed E-state index contributed by atoms with van der Waals surface area (Å²) in [6.07, 6.45) is 1.69. The Bertz CT molecular complexity index is 2020. The van der Waals surface area contributed by atoms with Crippen LogP contribution in [0.25, 0.3) is 6.08 Å². The van der Waals surface area contributed by atoms with Crippen molar-refractivity contribution >= 4 is 50.9 Å². The number of aromatic nitrogens is 1. The lowest BCUT2D eigenvalue weighted by Gasteiger charge is -2.25. The number of benzene rings is 3. The maximum absolute atomic E-state index is 14.2. The number of halogens is 2. The molecule has 5 rings (SSSR count). The number of rotatable bonds is 11. The molecular formula is C35H34BrClN2O7S. The first-order valence-corrected chi connectivity index (χ1v) is 16.8. The molecule has 2 heterocycles. The van der Waals surface area contributed by atoms with Crippen LogP contribution in [0.3, 0.4) is 0 Å². The van der Waals surface area contributed by atoms with Crippen LogP contribution in [-0.2, 0) is 16.1 Å². The van der Waals surface area contributed by atoms with Gasteiger partial charge in [-0.2, -0.15) is 0 Å². The third-order valence-corrected chi connectivity index (χ3v) is 9.05. The first kappa shape index (κ1) is 34.3. The predicted molar refractivity (Wildman–Crippen MR) is 186 cm³/mol. The van der Waals surface area contributed by atoms with Gasteiger partial charge in [-0.15, -0.1) is 0 Å². The van der Waals surface area contributed by atoms with E-state index in [-0.39, 0.29) is 23.8 Å². The first-order chi connectivity index (χ1) is 22.5. The molecule has 246 valence electrons. The second kappa shape index (κ2) is 14.8. The Balaban J connectivity index is 1.59. The monoisotopic (exact) mass is 740 g/mol. The van der Waals surface area contributed by atoms with E-state index in [1.165, 1.54) is 15.9 Å². The molecule has 0 unspecified atom stereocenters. The zero-order valence-electron chi connectivity index (χ0n) is 26.8. The van der Waals surface area contributed by atoms with Gasteiger partial charge in [0, 0.05) is 5.02 Å². The second-order valence-electron chi connectivity index (χ2n) is 10.8. The van der Waals surface area contributed by atoms with Gasteiger partial charge >= 0.3 is 5.97 Å². The zero-order valence-corrected chi connectivity index (χ0v) is 29.9. The molecule has 0 aliphatic carbocycles. The highest BCUT2D eigenvalue weighted by atomic mass is 79.9. The van der Waals surface area contributed by atoms with Crippen LogP contribution in [0.5, 0.6) is 23.0 Å². The number of hydrogen-bond donors (Lipinski definition) is 0. The van der Waals surface area contributed by atoms with Crippen LogP contribution in [0.1, 0.15) is 50.4 Å². The summed E-state index contributed by atoms with van der Waals surface area (Å²) in [7, 11) is 3.10. The van der Waals surface area contributed by atoms with Crippen molar-refractivity contribution in [1.82, 2.24) is 4.57 Å². The lowest BCUT2D eigenvalue weighted by atomic mass is 9.95. The summed E-state index contributed by atoms with van der Waals surface area (Å²) in [6.45, 7) is 7.81. The van der Waals surface area contributed by atoms with Gasteiger partial charge in [-0.3, -0.25) is 9.36 Å². The van der Waals surface area contributed by atoms with E-state index in [1.807, 2.05) is 38.1 Å². The van der Waals surface area contributed by atoms with E-state index in [9.17, 15) is 9.59 Å². The molecule has 0 saturated carbocycles. The summed E-state index contributed by atoms with van der Waals surface area (Å²) in [5.41, 5.74) is 2.72. The summed E-state index contributed by atoms with van der Waals surface area (Å²) < 4.78 is 31.3. The van der Waals surface area contributed by atoms with Gasteiger partial charge in [0.15, 0.2) is 27.8 Å². The lowest BCUT2D eigenvalue weighted by Crippen LogP contribution is -2.40. The number of thiazole rings is 1. The molecule has 0 spiro atoms. The van der Waals surface area contributed by atoms with Crippen LogP contribution in [0.15, 0.2) is 80.1 Å². The molecule has 0 amide bonds. The van der Waals surface area contributed by atoms with Crippen molar-refractivity contribution in [3.63, 3.8) is 0 Å². The van der Waals surface area contributed by atoms with Crippen LogP contribution in [0.2, 0.25) is 5.02 Å². The van der Waals surface area contributed by atoms with Gasteiger partial charge in [-0.1, -0.05) is 41.1 Å². The summed E-state index contributed by atoms with van der Waals surface area (Å²) in [6, 6.07) is 15.6. The van der Waals surface area contributed by atoms with E-state index >= 15 is 0 Å². The van der Waals surface area contributed by atoms with E-state index in [2.05, 4.69) is 20.9 Å². The minimum absolute atomic E-state index is 0.0765. The molecule has 47 heavy (non-hydrogen) atoms. The Morgan fingerprint density at radius 3 is 2.45 bits per heavy atom. The Morgan fingerprint density at radius 1 is 1.06 bits per heavy atom. The number of methoxy groups -OCH3 is 2. The summed E-state index contributed by atoms with van der Waals surface area (Å²) >= 11 is 10.8. The van der Waals surface area contributed by atoms with Crippen molar-refractivity contribution in [2.45, 2.75) is 46.4 Å². The fraction of sp³-hybridized carbons (Fsp3) is 0.286. The van der Waals surface area contributed by atoms with Gasteiger partial charge in [0.1, 0.15) is 6.61 Å². The number of allylic oxidation sites excluding steroid dienone is 1. The number of fused-ring (bicyclic) bond motifs is 1. The summed E-state index contributed by atoms with van der Waals surface area (Å²) in [5, 5.41) is 0.648. The number of carbonyl (C=O) groups excluding carboxylic acids is 1. The molecule has 0 saturated heterocycles. The normalized spacial score (nSPS) is 14.5. The molecule has 1 aromatic heterocycles. The minimum atomic E-state index is -0.806. The Labute approximate surface area is 289 Å². The minimum Gasteiger partial charge on any atom is -0.493 e. The third-order valence-electron chi connectivity index (χ3n) is 7.23. The van der Waals surface area contributed by atoms with Gasteiger partial charge in [0.05, 0.1) is 53.2 Å². The predicted octanol–water partition coefficient (Wildman–Crippen LogP) is 6.60. The lowest BCUT2D eigenvalue weighted by molar-refractivity contribution is -0.139. The molecule has 0 fully saturated rings. The average Bonchev–Trinajstić information content (AvgIpc) is 3.34. The Hall–Kier alpha value is -4.06. The highest BCUT2D eigenvalue weighted by Crippen LogP contribution is 2.38. The zero-order chi connectivity index (χ0) is 33.8. The molecule has 1 aliphatic rings. The fourth-order valence-electron chi connectivity index (χ4n) is 5.16. The molecule has 4 aromatic rings. The third kappa shape index (κ3) is 7.42. The molecule has 1 atom stereocenters. The molecule has 1 aliphatic heterocycles. The van der Waals surface area contributed by atoms with Crippen LogP contribution in [-0.4, -0.2) is 37.5 Å². The number of carbonyl (C=O) groups is 1. The van der Waals surface area contributed by atoms with Gasteiger partial charge in [-0.25, -0.2) is 9.79 Å². The summed E-state index contributed by atoms with van der Waals surface area (Å²) in [5.74, 6) is 1.50. The van der Waals surface area contributed by atoms with E-state index in [4.69, 9.17) is 35.3 Å². The SMILES string of the molecule is CCOC(=O)C1=C(C)N=c2s/c(=C\c3cc(Br)c(OCc4ccc(Cl)cc4)c(OC)c3)c(=O)n2[C@@H]1c1ccc(OC(C)C)c(OC)c1. The molecular weight excluding hydrogens is 708 g/mol. The molecule has 3 aromatic carbocycles. The first-order valence-electron chi connectivity index (χ1n) is 14.8. The maximum Gasteiger partial charge on any atom is 0.338 e. The van der Waals surface area contributed by atoms with E-state index in [1.54, 1.807) is 64.5 Å². The number of nitrogens with zero attached hydrogens (tertiary/aromatic N) is 2. The Morgan fingerprint density at radius 2 is 1.79 bits per heavy atom. The average molecular weight is 742 g/mol. The smallest absolute Gasteiger partial charge is 0.338 e. The molecule has 0 N–H and O–H groups in total. The van der Waals surface area contributed by atoms with Crippen LogP contribution in [0.4, 0.5) is 0 Å². The van der Waals surface area contributed by atoms with Gasteiger partial charge in [-0.05, 0) is 103 Å². The number of esters is 1. The molecule has 12 heteroatoms. The molecule has 0 bridgehead atoms. The van der Waals surface area contributed by atoms with E-state index < -0.39 is 12.0 Å². The highest BCUT2D eigenvalue weighted by Gasteiger charge is 2.34. The van der Waals surface area contributed by atoms with Crippen molar-refractivity contribution in [2.75, 3.05) is 20.8 Å². The largest absolute Gasteiger partial charge is 0.493 e. The van der Waals surface area contributed by atoms with Crippen molar-refractivity contribution in [1.29, 1.82) is 0 Å². The highest BCUT2D eigenvalue weighted by molar-refractivity contribution is 9.10. The van der Waals surface area contributed by atoms with Crippen molar-refractivity contribution < 1.29 is 28.5 Å².